The Bertz CT molecular complexity index is 452. The summed E-state index contributed by atoms with van der Waals surface area (Å²) in [4.78, 5) is 4.40. The van der Waals surface area contributed by atoms with Crippen molar-refractivity contribution in [2.24, 2.45) is 0 Å². The van der Waals surface area contributed by atoms with Crippen molar-refractivity contribution in [3.63, 3.8) is 0 Å². The van der Waals surface area contributed by atoms with Crippen LogP contribution in [0.2, 0.25) is 0 Å². The number of aromatic nitrogens is 1. The predicted octanol–water partition coefficient (Wildman–Crippen LogP) is 3.38. The van der Waals surface area contributed by atoms with E-state index in [9.17, 15) is 0 Å². The largest absolute Gasteiger partial charge is 0.516 e. The van der Waals surface area contributed by atoms with Gasteiger partial charge in [-0.05, 0) is 24.3 Å². The van der Waals surface area contributed by atoms with E-state index in [0.717, 1.165) is 16.8 Å². The first-order valence-corrected chi connectivity index (χ1v) is 5.05. The van der Waals surface area contributed by atoms with E-state index in [1.807, 2.05) is 30.3 Å². The van der Waals surface area contributed by atoms with E-state index in [4.69, 9.17) is 5.11 Å². The van der Waals surface area contributed by atoms with Gasteiger partial charge < -0.3 is 5.11 Å². The van der Waals surface area contributed by atoms with Crippen LogP contribution >= 0.6 is 11.3 Å². The van der Waals surface area contributed by atoms with Gasteiger partial charge in [-0.3, -0.25) is 0 Å². The van der Waals surface area contributed by atoms with Gasteiger partial charge in [0.05, 0.1) is 16.5 Å². The third-order valence-corrected chi connectivity index (χ3v) is 2.75. The number of rotatable bonds is 2. The summed E-state index contributed by atoms with van der Waals surface area (Å²) in [6.07, 6.45) is 6.20. The Morgan fingerprint density at radius 1 is 1.21 bits per heavy atom. The van der Waals surface area contributed by atoms with Crippen LogP contribution in [0.3, 0.4) is 0 Å². The molecule has 14 heavy (non-hydrogen) atoms. The lowest BCUT2D eigenvalue weighted by molar-refractivity contribution is 0.474. The summed E-state index contributed by atoms with van der Waals surface area (Å²) in [7, 11) is 0. The van der Waals surface area contributed by atoms with Crippen molar-refractivity contribution in [3.05, 3.63) is 47.7 Å². The maximum Gasteiger partial charge on any atom is 0.117 e. The Morgan fingerprint density at radius 3 is 2.86 bits per heavy atom. The molecular formula is C11H9NOS. The molecule has 2 nitrogen and oxygen atoms in total. The summed E-state index contributed by atoms with van der Waals surface area (Å²) >= 11 is 1.63. The molecule has 0 saturated heterocycles. The Balaban J connectivity index is 2.35. The van der Waals surface area contributed by atoms with Gasteiger partial charge in [0.2, 0.25) is 0 Å². The lowest BCUT2D eigenvalue weighted by Crippen LogP contribution is -1.67. The van der Waals surface area contributed by atoms with Gasteiger partial charge >= 0.3 is 0 Å². The molecule has 0 aliphatic heterocycles. The van der Waals surface area contributed by atoms with Crippen LogP contribution in [0.5, 0.6) is 0 Å². The van der Waals surface area contributed by atoms with E-state index < -0.39 is 0 Å². The molecule has 0 unspecified atom stereocenters. The Hall–Kier alpha value is -1.61. The van der Waals surface area contributed by atoms with Crippen LogP contribution < -0.4 is 0 Å². The molecule has 0 aliphatic carbocycles. The van der Waals surface area contributed by atoms with E-state index in [0.29, 0.717) is 0 Å². The smallest absolute Gasteiger partial charge is 0.117 e. The van der Waals surface area contributed by atoms with E-state index in [2.05, 4.69) is 4.98 Å². The monoisotopic (exact) mass is 203 g/mol. The lowest BCUT2D eigenvalue weighted by atomic mass is 10.3. The maximum atomic E-state index is 8.44. The Kier molecular flexibility index (Phi) is 2.60. The van der Waals surface area contributed by atoms with Gasteiger partial charge in [0.25, 0.3) is 0 Å². The van der Waals surface area contributed by atoms with E-state index in [1.54, 1.807) is 23.5 Å². The molecule has 0 bridgehead atoms. The highest BCUT2D eigenvalue weighted by molar-refractivity contribution is 7.19. The van der Waals surface area contributed by atoms with E-state index in [1.165, 1.54) is 4.70 Å². The number of benzene rings is 1. The fourth-order valence-electron chi connectivity index (χ4n) is 1.15. The van der Waals surface area contributed by atoms with Crippen molar-refractivity contribution in [1.29, 1.82) is 0 Å². The number of hydrogen-bond acceptors (Lipinski definition) is 3. The number of hydrogen-bond donors (Lipinski definition) is 1. The number of allylic oxidation sites excluding steroid dienone is 2. The molecule has 0 fully saturated rings. The van der Waals surface area contributed by atoms with E-state index in [-0.39, 0.29) is 0 Å². The van der Waals surface area contributed by atoms with Crippen molar-refractivity contribution in [2.45, 2.75) is 0 Å². The number of aliphatic hydroxyl groups excluding tert-OH is 1. The number of fused-ring (bicyclic) bond motifs is 1. The first-order valence-electron chi connectivity index (χ1n) is 4.23. The molecule has 70 valence electrons. The number of para-hydroxylation sites is 1. The van der Waals surface area contributed by atoms with Crippen LogP contribution in [0.4, 0.5) is 0 Å². The van der Waals surface area contributed by atoms with Crippen LogP contribution in [-0.4, -0.2) is 10.1 Å². The molecule has 0 saturated carbocycles. The van der Waals surface area contributed by atoms with Crippen molar-refractivity contribution >= 4 is 27.6 Å². The normalized spacial score (nSPS) is 12.0. The second kappa shape index (κ2) is 4.07. The summed E-state index contributed by atoms with van der Waals surface area (Å²) in [5.74, 6) is 0. The average molecular weight is 203 g/mol. The fraction of sp³-hybridized carbons (Fsp3) is 0. The summed E-state index contributed by atoms with van der Waals surface area (Å²) in [6, 6.07) is 8.02. The van der Waals surface area contributed by atoms with Gasteiger partial charge in [0.1, 0.15) is 5.01 Å². The molecule has 2 aromatic rings. The number of nitrogens with zero attached hydrogens (tertiary/aromatic N) is 1. The van der Waals surface area contributed by atoms with Crippen molar-refractivity contribution in [3.8, 4) is 0 Å². The van der Waals surface area contributed by atoms with Crippen LogP contribution in [0.15, 0.2) is 42.7 Å². The Labute approximate surface area is 85.8 Å². The quantitative estimate of drug-likeness (QED) is 0.599. The van der Waals surface area contributed by atoms with Gasteiger partial charge in [-0.2, -0.15) is 0 Å². The molecule has 1 heterocycles. The second-order valence-electron chi connectivity index (χ2n) is 2.72. The van der Waals surface area contributed by atoms with Crippen molar-refractivity contribution in [2.75, 3.05) is 0 Å². The molecule has 0 spiro atoms. The minimum absolute atomic E-state index is 0.948. The van der Waals surface area contributed by atoms with Crippen molar-refractivity contribution in [1.82, 2.24) is 4.98 Å². The van der Waals surface area contributed by atoms with Crippen LogP contribution in [0.25, 0.3) is 16.3 Å². The average Bonchev–Trinajstić information content (AvgIpc) is 2.60. The molecule has 1 aromatic heterocycles. The minimum atomic E-state index is 0.948. The van der Waals surface area contributed by atoms with Crippen LogP contribution in [0, 0.1) is 0 Å². The SMILES string of the molecule is OC=CC=Cc1nc2ccccc2s1. The summed E-state index contributed by atoms with van der Waals surface area (Å²) < 4.78 is 1.18. The first kappa shape index (κ1) is 8.97. The molecule has 1 N–H and O–H groups in total. The zero-order chi connectivity index (χ0) is 9.80. The van der Waals surface area contributed by atoms with Crippen LogP contribution in [0.1, 0.15) is 5.01 Å². The molecule has 0 aliphatic rings. The minimum Gasteiger partial charge on any atom is -0.516 e. The molecule has 0 amide bonds. The highest BCUT2D eigenvalue weighted by atomic mass is 32.1. The first-order chi connectivity index (χ1) is 6.90. The van der Waals surface area contributed by atoms with Gasteiger partial charge in [0.15, 0.2) is 0 Å². The topological polar surface area (TPSA) is 33.1 Å². The second-order valence-corrected chi connectivity index (χ2v) is 3.78. The number of thiazole rings is 1. The standard InChI is InChI=1S/C11H9NOS/c13-8-4-3-7-11-12-9-5-1-2-6-10(9)14-11/h1-8,13H. The molecule has 3 heteroatoms. The van der Waals surface area contributed by atoms with Gasteiger partial charge in [-0.25, -0.2) is 4.98 Å². The predicted molar refractivity (Wildman–Crippen MR) is 60.4 cm³/mol. The van der Waals surface area contributed by atoms with Gasteiger partial charge in [0, 0.05) is 0 Å². The van der Waals surface area contributed by atoms with Gasteiger partial charge in [-0.1, -0.05) is 18.2 Å². The third kappa shape index (κ3) is 1.83. The number of aliphatic hydroxyl groups is 1. The molecule has 2 rings (SSSR count). The Morgan fingerprint density at radius 2 is 2.07 bits per heavy atom. The van der Waals surface area contributed by atoms with E-state index >= 15 is 0 Å². The highest BCUT2D eigenvalue weighted by Gasteiger charge is 1.97. The fourth-order valence-corrected chi connectivity index (χ4v) is 2.03. The van der Waals surface area contributed by atoms with Crippen LogP contribution in [-0.2, 0) is 0 Å². The molecule has 0 atom stereocenters. The molecular weight excluding hydrogens is 194 g/mol. The summed E-state index contributed by atoms with van der Waals surface area (Å²) in [6.45, 7) is 0. The van der Waals surface area contributed by atoms with Gasteiger partial charge in [-0.15, -0.1) is 11.3 Å². The summed E-state index contributed by atoms with van der Waals surface area (Å²) in [5, 5.41) is 9.38. The highest BCUT2D eigenvalue weighted by Crippen LogP contribution is 2.22. The maximum absolute atomic E-state index is 8.44. The third-order valence-electron chi connectivity index (χ3n) is 1.75. The zero-order valence-corrected chi connectivity index (χ0v) is 8.24. The summed E-state index contributed by atoms with van der Waals surface area (Å²) in [5.41, 5.74) is 1.02. The molecule has 1 aromatic carbocycles. The zero-order valence-electron chi connectivity index (χ0n) is 7.42. The van der Waals surface area contributed by atoms with Crippen molar-refractivity contribution < 1.29 is 5.11 Å². The molecule has 0 radical (unpaired) electrons. The lowest BCUT2D eigenvalue weighted by Gasteiger charge is -1.80.